The lowest BCUT2D eigenvalue weighted by Crippen LogP contribution is -2.16. The van der Waals surface area contributed by atoms with E-state index in [1.165, 1.54) is 24.9 Å². The summed E-state index contributed by atoms with van der Waals surface area (Å²) in [5.74, 6) is 0.772. The van der Waals surface area contributed by atoms with Gasteiger partial charge >= 0.3 is 5.97 Å². The second-order valence-electron chi connectivity index (χ2n) is 5.51. The highest BCUT2D eigenvalue weighted by molar-refractivity contribution is 7.98. The molecule has 3 rings (SSSR count). The zero-order valence-corrected chi connectivity index (χ0v) is 15.3. The van der Waals surface area contributed by atoms with Crippen LogP contribution in [0.25, 0.3) is 11.0 Å². The first-order valence-corrected chi connectivity index (χ1v) is 8.76. The quantitative estimate of drug-likeness (QED) is 0.419. The number of nitrogens with zero attached hydrogens (tertiary/aromatic N) is 2. The Morgan fingerprint density at radius 1 is 1.23 bits per heavy atom. The first-order valence-electron chi connectivity index (χ1n) is 7.77. The van der Waals surface area contributed by atoms with Gasteiger partial charge in [-0.3, -0.25) is 4.79 Å². The zero-order chi connectivity index (χ0) is 18.7. The number of carbonyl (C=O) groups is 1. The third kappa shape index (κ3) is 3.70. The highest BCUT2D eigenvalue weighted by atomic mass is 32.2. The van der Waals surface area contributed by atoms with E-state index >= 15 is 0 Å². The Bertz CT molecular complexity index is 1030. The number of carbonyl (C=O) groups excluding carboxylic acids is 1. The fourth-order valence-electron chi connectivity index (χ4n) is 2.50. The van der Waals surface area contributed by atoms with E-state index in [9.17, 15) is 9.59 Å². The normalized spacial score (nSPS) is 10.7. The Morgan fingerprint density at radius 2 is 2.04 bits per heavy atom. The lowest BCUT2D eigenvalue weighted by molar-refractivity contribution is 0.0602. The SMILES string of the molecule is COC(=O)c1cc(C)nc2nc(SCc3cccc(OC)c3)[nH]c(=O)c12. The molecule has 0 aliphatic rings. The molecule has 26 heavy (non-hydrogen) atoms. The minimum atomic E-state index is -0.593. The van der Waals surface area contributed by atoms with Gasteiger partial charge in [-0.05, 0) is 30.7 Å². The Kier molecular flexibility index (Phi) is 5.22. The van der Waals surface area contributed by atoms with Crippen LogP contribution < -0.4 is 10.3 Å². The molecular weight excluding hydrogens is 354 g/mol. The van der Waals surface area contributed by atoms with Crippen molar-refractivity contribution >= 4 is 28.8 Å². The average molecular weight is 371 g/mol. The predicted molar refractivity (Wildman–Crippen MR) is 98.8 cm³/mol. The van der Waals surface area contributed by atoms with Gasteiger partial charge in [-0.1, -0.05) is 23.9 Å². The van der Waals surface area contributed by atoms with E-state index in [2.05, 4.69) is 15.0 Å². The van der Waals surface area contributed by atoms with E-state index in [4.69, 9.17) is 9.47 Å². The van der Waals surface area contributed by atoms with E-state index in [1.54, 1.807) is 14.0 Å². The number of aryl methyl sites for hydroxylation is 1. The van der Waals surface area contributed by atoms with E-state index in [1.807, 2.05) is 24.3 Å². The maximum absolute atomic E-state index is 12.5. The molecule has 0 aliphatic heterocycles. The largest absolute Gasteiger partial charge is 0.497 e. The molecule has 1 N–H and O–H groups in total. The summed E-state index contributed by atoms with van der Waals surface area (Å²) >= 11 is 1.37. The van der Waals surface area contributed by atoms with E-state index in [-0.39, 0.29) is 16.6 Å². The topological polar surface area (TPSA) is 94.2 Å². The number of aromatic amines is 1. The number of thioether (sulfide) groups is 1. The van der Waals surface area contributed by atoms with Crippen LogP contribution in [0, 0.1) is 6.92 Å². The van der Waals surface area contributed by atoms with Crippen molar-refractivity contribution in [3.05, 3.63) is 57.5 Å². The van der Waals surface area contributed by atoms with E-state index in [0.29, 0.717) is 16.6 Å². The Morgan fingerprint density at radius 3 is 2.77 bits per heavy atom. The summed E-state index contributed by atoms with van der Waals surface area (Å²) < 4.78 is 9.95. The number of hydrogen-bond acceptors (Lipinski definition) is 7. The second kappa shape index (κ2) is 7.57. The summed E-state index contributed by atoms with van der Waals surface area (Å²) in [6, 6.07) is 9.18. The van der Waals surface area contributed by atoms with Crippen molar-refractivity contribution in [3.63, 3.8) is 0 Å². The number of benzene rings is 1. The number of methoxy groups -OCH3 is 2. The Labute approximate surface area is 153 Å². The van der Waals surface area contributed by atoms with Crippen molar-refractivity contribution in [2.75, 3.05) is 14.2 Å². The number of rotatable bonds is 5. The summed E-state index contributed by atoms with van der Waals surface area (Å²) in [6.45, 7) is 1.73. The van der Waals surface area contributed by atoms with E-state index in [0.717, 1.165) is 11.3 Å². The summed E-state index contributed by atoms with van der Waals surface area (Å²) in [5.41, 5.74) is 1.58. The molecule has 134 valence electrons. The number of fused-ring (bicyclic) bond motifs is 1. The average Bonchev–Trinajstić information content (AvgIpc) is 2.64. The van der Waals surface area contributed by atoms with Crippen molar-refractivity contribution < 1.29 is 14.3 Å². The highest BCUT2D eigenvalue weighted by Crippen LogP contribution is 2.23. The molecule has 0 atom stereocenters. The van der Waals surface area contributed by atoms with Crippen molar-refractivity contribution in [3.8, 4) is 5.75 Å². The molecule has 0 unspecified atom stereocenters. The van der Waals surface area contributed by atoms with Crippen LogP contribution in [0.4, 0.5) is 0 Å². The lowest BCUT2D eigenvalue weighted by Gasteiger charge is -2.07. The molecule has 2 aromatic heterocycles. The van der Waals surface area contributed by atoms with Gasteiger partial charge in [0.25, 0.3) is 5.56 Å². The molecular formula is C18H17N3O4S. The molecule has 0 saturated heterocycles. The van der Waals surface area contributed by atoms with Crippen LogP contribution in [-0.2, 0) is 10.5 Å². The fourth-order valence-corrected chi connectivity index (χ4v) is 3.30. The number of aromatic nitrogens is 3. The maximum atomic E-state index is 12.5. The van der Waals surface area contributed by atoms with Crippen molar-refractivity contribution in [2.45, 2.75) is 17.8 Å². The summed E-state index contributed by atoms with van der Waals surface area (Å²) in [4.78, 5) is 35.8. The van der Waals surface area contributed by atoms with Crippen LogP contribution in [0.15, 0.2) is 40.3 Å². The number of esters is 1. The third-order valence-electron chi connectivity index (χ3n) is 3.70. The Balaban J connectivity index is 1.96. The molecule has 8 heteroatoms. The van der Waals surface area contributed by atoms with Crippen LogP contribution in [0.5, 0.6) is 5.75 Å². The van der Waals surface area contributed by atoms with Crippen molar-refractivity contribution in [1.82, 2.24) is 15.0 Å². The van der Waals surface area contributed by atoms with Gasteiger partial charge in [0.1, 0.15) is 5.75 Å². The van der Waals surface area contributed by atoms with Gasteiger partial charge in [0.15, 0.2) is 10.8 Å². The second-order valence-corrected chi connectivity index (χ2v) is 6.48. The standard InChI is InChI=1S/C18H17N3O4S/c1-10-7-13(17(23)25-3)14-15(19-10)20-18(21-16(14)22)26-9-11-5-4-6-12(8-11)24-2/h4-8H,9H2,1-3H3,(H,19,20,21,22). The van der Waals surface area contributed by atoms with Gasteiger partial charge in [-0.15, -0.1) is 0 Å². The number of pyridine rings is 1. The molecule has 2 heterocycles. The maximum Gasteiger partial charge on any atom is 0.338 e. The molecule has 0 bridgehead atoms. The minimum Gasteiger partial charge on any atom is -0.497 e. The molecule has 0 aliphatic carbocycles. The van der Waals surface area contributed by atoms with Gasteiger partial charge in [-0.25, -0.2) is 14.8 Å². The molecule has 0 amide bonds. The number of hydrogen-bond donors (Lipinski definition) is 1. The predicted octanol–water partition coefficient (Wildman–Crippen LogP) is 2.71. The van der Waals surface area contributed by atoms with Gasteiger partial charge in [0.2, 0.25) is 0 Å². The molecule has 7 nitrogen and oxygen atoms in total. The van der Waals surface area contributed by atoms with Gasteiger partial charge in [0.05, 0.1) is 25.2 Å². The summed E-state index contributed by atoms with van der Waals surface area (Å²) in [5, 5.41) is 0.562. The van der Waals surface area contributed by atoms with Gasteiger partial charge in [0, 0.05) is 11.4 Å². The number of nitrogens with one attached hydrogen (secondary N) is 1. The summed E-state index contributed by atoms with van der Waals surface area (Å²) in [7, 11) is 2.88. The first kappa shape index (κ1) is 17.9. The van der Waals surface area contributed by atoms with Crippen LogP contribution >= 0.6 is 11.8 Å². The van der Waals surface area contributed by atoms with Gasteiger partial charge < -0.3 is 14.5 Å². The van der Waals surface area contributed by atoms with Crippen LogP contribution in [0.2, 0.25) is 0 Å². The first-order chi connectivity index (χ1) is 12.5. The van der Waals surface area contributed by atoms with Crippen LogP contribution in [0.3, 0.4) is 0 Å². The number of H-pyrrole nitrogens is 1. The minimum absolute atomic E-state index is 0.133. The molecule has 1 aromatic carbocycles. The van der Waals surface area contributed by atoms with Crippen LogP contribution in [-0.4, -0.2) is 35.1 Å². The Hall–Kier alpha value is -2.87. The monoisotopic (exact) mass is 371 g/mol. The molecule has 3 aromatic rings. The van der Waals surface area contributed by atoms with Crippen molar-refractivity contribution in [1.29, 1.82) is 0 Å². The highest BCUT2D eigenvalue weighted by Gasteiger charge is 2.17. The fraction of sp³-hybridized carbons (Fsp3) is 0.222. The van der Waals surface area contributed by atoms with Crippen molar-refractivity contribution in [2.24, 2.45) is 0 Å². The third-order valence-corrected chi connectivity index (χ3v) is 4.64. The van der Waals surface area contributed by atoms with Crippen LogP contribution in [0.1, 0.15) is 21.6 Å². The van der Waals surface area contributed by atoms with Gasteiger partial charge in [-0.2, -0.15) is 0 Å². The molecule has 0 spiro atoms. The molecule has 0 saturated carbocycles. The summed E-state index contributed by atoms with van der Waals surface area (Å²) in [6.07, 6.45) is 0. The lowest BCUT2D eigenvalue weighted by atomic mass is 10.1. The molecule has 0 radical (unpaired) electrons. The zero-order valence-electron chi connectivity index (χ0n) is 14.5. The van der Waals surface area contributed by atoms with E-state index < -0.39 is 11.5 Å². The molecule has 0 fully saturated rings. The smallest absolute Gasteiger partial charge is 0.338 e. The number of ether oxygens (including phenoxy) is 2.